The van der Waals surface area contributed by atoms with E-state index in [1.54, 1.807) is 0 Å². The van der Waals surface area contributed by atoms with Crippen LogP contribution in [0.4, 0.5) is 0 Å². The van der Waals surface area contributed by atoms with Crippen LogP contribution in [0.2, 0.25) is 5.02 Å². The summed E-state index contributed by atoms with van der Waals surface area (Å²) < 4.78 is 2.30. The minimum absolute atomic E-state index is 0.584. The van der Waals surface area contributed by atoms with Crippen LogP contribution in [0.1, 0.15) is 25.1 Å². The van der Waals surface area contributed by atoms with E-state index in [0.717, 1.165) is 17.1 Å². The summed E-state index contributed by atoms with van der Waals surface area (Å²) in [7, 11) is 0. The molecule has 2 heterocycles. The molecule has 0 saturated carbocycles. The standard InChI is InChI=1S/C11H11ClN2/c1-7-4-5-14-10-3-2-8(12)6-9(10)13-11(7)14/h2-3,6-7H,4-5H2,1H3/t7-/m1/s1. The van der Waals surface area contributed by atoms with Crippen LogP contribution in [0.5, 0.6) is 0 Å². The van der Waals surface area contributed by atoms with E-state index in [1.807, 2.05) is 12.1 Å². The van der Waals surface area contributed by atoms with Crippen LogP contribution in [-0.4, -0.2) is 9.55 Å². The molecule has 0 amide bonds. The third kappa shape index (κ3) is 1.01. The van der Waals surface area contributed by atoms with Crippen molar-refractivity contribution in [3.63, 3.8) is 0 Å². The van der Waals surface area contributed by atoms with Gasteiger partial charge in [0.15, 0.2) is 0 Å². The van der Waals surface area contributed by atoms with Gasteiger partial charge >= 0.3 is 0 Å². The highest BCUT2D eigenvalue weighted by Crippen LogP contribution is 2.31. The summed E-state index contributed by atoms with van der Waals surface area (Å²) >= 11 is 5.93. The van der Waals surface area contributed by atoms with Gasteiger partial charge < -0.3 is 4.57 Å². The number of rotatable bonds is 0. The number of benzene rings is 1. The van der Waals surface area contributed by atoms with Crippen LogP contribution in [0.15, 0.2) is 18.2 Å². The van der Waals surface area contributed by atoms with E-state index >= 15 is 0 Å². The van der Waals surface area contributed by atoms with Crippen molar-refractivity contribution in [1.82, 2.24) is 9.55 Å². The maximum Gasteiger partial charge on any atom is 0.112 e. The Hall–Kier alpha value is -1.02. The van der Waals surface area contributed by atoms with E-state index in [2.05, 4.69) is 22.5 Å². The topological polar surface area (TPSA) is 17.8 Å². The van der Waals surface area contributed by atoms with Crippen molar-refractivity contribution in [2.24, 2.45) is 0 Å². The molecule has 0 radical (unpaired) electrons. The van der Waals surface area contributed by atoms with Crippen LogP contribution in [0, 0.1) is 0 Å². The van der Waals surface area contributed by atoms with Crippen molar-refractivity contribution < 1.29 is 0 Å². The molecule has 0 fully saturated rings. The van der Waals surface area contributed by atoms with Crippen LogP contribution in [0.25, 0.3) is 11.0 Å². The number of hydrogen-bond acceptors (Lipinski definition) is 1. The van der Waals surface area contributed by atoms with Gasteiger partial charge in [-0.1, -0.05) is 18.5 Å². The van der Waals surface area contributed by atoms with Gasteiger partial charge in [0.25, 0.3) is 0 Å². The molecule has 2 nitrogen and oxygen atoms in total. The summed E-state index contributed by atoms with van der Waals surface area (Å²) in [4.78, 5) is 4.61. The van der Waals surface area contributed by atoms with Crippen LogP contribution < -0.4 is 0 Å². The Morgan fingerprint density at radius 1 is 1.50 bits per heavy atom. The summed E-state index contributed by atoms with van der Waals surface area (Å²) in [5, 5.41) is 0.766. The van der Waals surface area contributed by atoms with Gasteiger partial charge in [0.05, 0.1) is 11.0 Å². The van der Waals surface area contributed by atoms with Gasteiger partial charge in [-0.25, -0.2) is 4.98 Å². The lowest BCUT2D eigenvalue weighted by molar-refractivity contribution is 0.710. The number of aromatic nitrogens is 2. The highest BCUT2D eigenvalue weighted by atomic mass is 35.5. The number of imidazole rings is 1. The molecule has 0 bridgehead atoms. The fourth-order valence-corrected chi connectivity index (χ4v) is 2.35. The summed E-state index contributed by atoms with van der Waals surface area (Å²) in [6.07, 6.45) is 1.21. The summed E-state index contributed by atoms with van der Waals surface area (Å²) in [6, 6.07) is 5.93. The van der Waals surface area contributed by atoms with E-state index < -0.39 is 0 Å². The van der Waals surface area contributed by atoms with E-state index in [1.165, 1.54) is 17.8 Å². The number of hydrogen-bond donors (Lipinski definition) is 0. The average Bonchev–Trinajstić information content (AvgIpc) is 2.66. The number of aryl methyl sites for hydroxylation is 1. The Labute approximate surface area is 87.5 Å². The second-order valence-corrected chi connectivity index (χ2v) is 4.38. The molecule has 1 aliphatic heterocycles. The lowest BCUT2D eigenvalue weighted by atomic mass is 10.1. The van der Waals surface area contributed by atoms with Gasteiger partial charge in [-0.3, -0.25) is 0 Å². The Kier molecular flexibility index (Phi) is 1.62. The van der Waals surface area contributed by atoms with Gasteiger partial charge in [0.1, 0.15) is 5.82 Å². The van der Waals surface area contributed by atoms with Crippen molar-refractivity contribution in [3.8, 4) is 0 Å². The van der Waals surface area contributed by atoms with Gasteiger partial charge in [-0.15, -0.1) is 0 Å². The molecule has 1 aliphatic rings. The summed E-state index contributed by atoms with van der Waals surface area (Å²) in [5.41, 5.74) is 2.24. The first-order chi connectivity index (χ1) is 6.75. The third-order valence-corrected chi connectivity index (χ3v) is 3.20. The predicted molar refractivity (Wildman–Crippen MR) is 57.8 cm³/mol. The first-order valence-corrected chi connectivity index (χ1v) is 5.29. The molecule has 0 aliphatic carbocycles. The smallest absolute Gasteiger partial charge is 0.112 e. The first-order valence-electron chi connectivity index (χ1n) is 4.91. The maximum absolute atomic E-state index is 5.93. The van der Waals surface area contributed by atoms with E-state index in [-0.39, 0.29) is 0 Å². The zero-order valence-corrected chi connectivity index (χ0v) is 8.75. The molecule has 0 spiro atoms. The van der Waals surface area contributed by atoms with Gasteiger partial charge in [-0.05, 0) is 24.6 Å². The van der Waals surface area contributed by atoms with E-state index in [0.29, 0.717) is 5.92 Å². The lowest BCUT2D eigenvalue weighted by Crippen LogP contribution is -1.91. The molecule has 14 heavy (non-hydrogen) atoms. The normalized spacial score (nSPS) is 20.3. The fourth-order valence-electron chi connectivity index (χ4n) is 2.18. The van der Waals surface area contributed by atoms with Crippen molar-refractivity contribution in [3.05, 3.63) is 29.0 Å². The minimum Gasteiger partial charge on any atom is -0.328 e. The molecule has 0 saturated heterocycles. The highest BCUT2D eigenvalue weighted by Gasteiger charge is 2.22. The molecule has 0 N–H and O–H groups in total. The molecular weight excluding hydrogens is 196 g/mol. The zero-order valence-electron chi connectivity index (χ0n) is 8.00. The monoisotopic (exact) mass is 206 g/mol. The third-order valence-electron chi connectivity index (χ3n) is 2.97. The molecule has 1 aromatic heterocycles. The number of nitrogens with zero attached hydrogens (tertiary/aromatic N) is 2. The van der Waals surface area contributed by atoms with Gasteiger partial charge in [0.2, 0.25) is 0 Å². The highest BCUT2D eigenvalue weighted by molar-refractivity contribution is 6.31. The Bertz CT molecular complexity index is 501. The zero-order chi connectivity index (χ0) is 9.71. The van der Waals surface area contributed by atoms with E-state index in [9.17, 15) is 0 Å². The predicted octanol–water partition coefficient (Wildman–Crippen LogP) is 3.20. The molecular formula is C11H11ClN2. The van der Waals surface area contributed by atoms with Gasteiger partial charge in [0, 0.05) is 17.5 Å². The molecule has 3 rings (SSSR count). The Morgan fingerprint density at radius 3 is 3.21 bits per heavy atom. The largest absolute Gasteiger partial charge is 0.328 e. The quantitative estimate of drug-likeness (QED) is 0.647. The van der Waals surface area contributed by atoms with Crippen molar-refractivity contribution in [2.45, 2.75) is 25.8 Å². The summed E-state index contributed by atoms with van der Waals surface area (Å²) in [6.45, 7) is 3.32. The average molecular weight is 207 g/mol. The number of halogens is 1. The SMILES string of the molecule is C[C@@H]1CCn2c1nc1cc(Cl)ccc12. The second-order valence-electron chi connectivity index (χ2n) is 3.94. The van der Waals surface area contributed by atoms with E-state index in [4.69, 9.17) is 11.6 Å². The van der Waals surface area contributed by atoms with Crippen LogP contribution in [0.3, 0.4) is 0 Å². The molecule has 1 atom stereocenters. The maximum atomic E-state index is 5.93. The first kappa shape index (κ1) is 8.30. The molecule has 1 aromatic carbocycles. The minimum atomic E-state index is 0.584. The van der Waals surface area contributed by atoms with Crippen molar-refractivity contribution in [1.29, 1.82) is 0 Å². The Morgan fingerprint density at radius 2 is 2.36 bits per heavy atom. The van der Waals surface area contributed by atoms with Crippen molar-refractivity contribution >= 4 is 22.6 Å². The van der Waals surface area contributed by atoms with Crippen molar-refractivity contribution in [2.75, 3.05) is 0 Å². The molecule has 2 aromatic rings. The molecule has 0 unspecified atom stereocenters. The lowest BCUT2D eigenvalue weighted by Gasteiger charge is -1.97. The van der Waals surface area contributed by atoms with Crippen LogP contribution >= 0.6 is 11.6 Å². The number of fused-ring (bicyclic) bond motifs is 3. The molecule has 3 heteroatoms. The molecule has 72 valence electrons. The summed E-state index contributed by atoms with van der Waals surface area (Å²) in [5.74, 6) is 1.79. The Balaban J connectivity index is 2.34. The van der Waals surface area contributed by atoms with Crippen LogP contribution in [-0.2, 0) is 6.54 Å². The second kappa shape index (κ2) is 2.74. The van der Waals surface area contributed by atoms with Gasteiger partial charge in [-0.2, -0.15) is 0 Å². The fraction of sp³-hybridized carbons (Fsp3) is 0.364.